The monoisotopic (exact) mass is 194 g/mol. The van der Waals surface area contributed by atoms with E-state index in [9.17, 15) is 0 Å². The second-order valence-corrected chi connectivity index (χ2v) is 4.01. The van der Waals surface area contributed by atoms with Crippen LogP contribution >= 0.6 is 0 Å². The van der Waals surface area contributed by atoms with E-state index in [-0.39, 0.29) is 0 Å². The van der Waals surface area contributed by atoms with Gasteiger partial charge in [-0.15, -0.1) is 5.73 Å². The zero-order valence-electron chi connectivity index (χ0n) is 9.35. The Balaban J connectivity index is 2.23. The highest BCUT2D eigenvalue weighted by Crippen LogP contribution is 2.23. The fraction of sp³-hybridized carbons (Fsp3) is 0.769. The van der Waals surface area contributed by atoms with E-state index in [1.54, 1.807) is 0 Å². The molecule has 1 fully saturated rings. The maximum Gasteiger partial charge on any atom is 0.0858 e. The van der Waals surface area contributed by atoms with Crippen molar-refractivity contribution >= 4 is 0 Å². The van der Waals surface area contributed by atoms with E-state index in [0.717, 1.165) is 25.9 Å². The average Bonchev–Trinajstić information content (AvgIpc) is 2.25. The Morgan fingerprint density at radius 3 is 3.00 bits per heavy atom. The van der Waals surface area contributed by atoms with Gasteiger partial charge in [0.2, 0.25) is 0 Å². The Hall–Kier alpha value is -0.520. The van der Waals surface area contributed by atoms with Gasteiger partial charge in [0.15, 0.2) is 0 Å². The molecule has 0 saturated carbocycles. The van der Waals surface area contributed by atoms with E-state index >= 15 is 0 Å². The summed E-state index contributed by atoms with van der Waals surface area (Å²) >= 11 is 0. The predicted octanol–water partition coefficient (Wildman–Crippen LogP) is 3.85. The average molecular weight is 194 g/mol. The first-order valence-corrected chi connectivity index (χ1v) is 5.89. The lowest BCUT2D eigenvalue weighted by atomic mass is 9.97. The summed E-state index contributed by atoms with van der Waals surface area (Å²) in [7, 11) is 0. The summed E-state index contributed by atoms with van der Waals surface area (Å²) < 4.78 is 5.72. The van der Waals surface area contributed by atoms with E-state index in [1.165, 1.54) is 31.3 Å². The van der Waals surface area contributed by atoms with Crippen molar-refractivity contribution < 1.29 is 4.74 Å². The first kappa shape index (κ1) is 11.6. The standard InChI is InChI=1S/C13H22O/c1-3-5-6-7-10-13-12(4-2)9-8-11-14-13/h13H,2-3,5-11H2,1H3. The molecular formula is C13H22O. The van der Waals surface area contributed by atoms with Crippen LogP contribution in [0.3, 0.4) is 0 Å². The van der Waals surface area contributed by atoms with Crippen molar-refractivity contribution in [2.75, 3.05) is 6.61 Å². The first-order valence-electron chi connectivity index (χ1n) is 5.89. The van der Waals surface area contributed by atoms with E-state index < -0.39 is 0 Å². The zero-order valence-corrected chi connectivity index (χ0v) is 9.35. The summed E-state index contributed by atoms with van der Waals surface area (Å²) in [6.45, 7) is 6.90. The molecular weight excluding hydrogens is 172 g/mol. The molecule has 80 valence electrons. The van der Waals surface area contributed by atoms with E-state index in [1.807, 2.05) is 0 Å². The maximum absolute atomic E-state index is 5.72. The molecule has 1 unspecified atom stereocenters. The van der Waals surface area contributed by atoms with E-state index in [2.05, 4.69) is 19.2 Å². The molecule has 1 saturated heterocycles. The van der Waals surface area contributed by atoms with Gasteiger partial charge in [-0.2, -0.15) is 0 Å². The molecule has 1 heteroatoms. The normalized spacial score (nSPS) is 22.1. The summed E-state index contributed by atoms with van der Waals surface area (Å²) in [5, 5.41) is 0. The topological polar surface area (TPSA) is 9.23 Å². The highest BCUT2D eigenvalue weighted by molar-refractivity contribution is 5.07. The van der Waals surface area contributed by atoms with Crippen LogP contribution in [0.15, 0.2) is 17.9 Å². The second kappa shape index (κ2) is 6.86. The highest BCUT2D eigenvalue weighted by atomic mass is 16.5. The van der Waals surface area contributed by atoms with Gasteiger partial charge < -0.3 is 4.74 Å². The number of unbranched alkanes of at least 4 members (excludes halogenated alkanes) is 3. The molecule has 14 heavy (non-hydrogen) atoms. The van der Waals surface area contributed by atoms with Crippen LogP contribution in [0.1, 0.15) is 51.9 Å². The quantitative estimate of drug-likeness (QED) is 0.477. The molecule has 1 atom stereocenters. The van der Waals surface area contributed by atoms with Crippen molar-refractivity contribution in [3.05, 3.63) is 17.9 Å². The summed E-state index contributed by atoms with van der Waals surface area (Å²) in [5.74, 6) is 0. The van der Waals surface area contributed by atoms with Crippen LogP contribution in [-0.4, -0.2) is 12.7 Å². The van der Waals surface area contributed by atoms with Crippen molar-refractivity contribution in [3.8, 4) is 0 Å². The molecule has 1 heterocycles. The van der Waals surface area contributed by atoms with Crippen molar-refractivity contribution in [2.24, 2.45) is 0 Å². The van der Waals surface area contributed by atoms with Gasteiger partial charge in [0, 0.05) is 6.61 Å². The van der Waals surface area contributed by atoms with Crippen LogP contribution in [0.4, 0.5) is 0 Å². The van der Waals surface area contributed by atoms with Gasteiger partial charge in [0.1, 0.15) is 0 Å². The van der Waals surface area contributed by atoms with Gasteiger partial charge in [-0.1, -0.05) is 39.2 Å². The maximum atomic E-state index is 5.72. The fourth-order valence-corrected chi connectivity index (χ4v) is 1.97. The molecule has 1 aliphatic rings. The summed E-state index contributed by atoms with van der Waals surface area (Å²) in [5.41, 5.74) is 4.34. The molecule has 0 aliphatic carbocycles. The van der Waals surface area contributed by atoms with Gasteiger partial charge in [0.25, 0.3) is 0 Å². The van der Waals surface area contributed by atoms with Crippen LogP contribution in [0.2, 0.25) is 0 Å². The first-order chi connectivity index (χ1) is 6.88. The van der Waals surface area contributed by atoms with Crippen molar-refractivity contribution in [1.82, 2.24) is 0 Å². The number of rotatable bonds is 5. The van der Waals surface area contributed by atoms with Gasteiger partial charge in [-0.3, -0.25) is 0 Å². The predicted molar refractivity (Wildman–Crippen MR) is 60.4 cm³/mol. The molecule has 0 aromatic heterocycles. The highest BCUT2D eigenvalue weighted by Gasteiger charge is 2.18. The largest absolute Gasteiger partial charge is 0.373 e. The molecule has 0 aromatic carbocycles. The number of hydrogen-bond donors (Lipinski definition) is 0. The lowest BCUT2D eigenvalue weighted by molar-refractivity contribution is 0.0462. The second-order valence-electron chi connectivity index (χ2n) is 4.01. The zero-order chi connectivity index (χ0) is 10.2. The van der Waals surface area contributed by atoms with Gasteiger partial charge in [-0.05, 0) is 24.8 Å². The van der Waals surface area contributed by atoms with Gasteiger partial charge in [0.05, 0.1) is 6.10 Å². The molecule has 0 N–H and O–H groups in total. The Labute approximate surface area is 87.8 Å². The van der Waals surface area contributed by atoms with Crippen molar-refractivity contribution in [3.63, 3.8) is 0 Å². The molecule has 0 radical (unpaired) electrons. The molecule has 0 aromatic rings. The molecule has 1 rings (SSSR count). The Morgan fingerprint density at radius 2 is 2.29 bits per heavy atom. The minimum atomic E-state index is 0.332. The lowest BCUT2D eigenvalue weighted by Gasteiger charge is -2.24. The molecule has 0 bridgehead atoms. The Kier molecular flexibility index (Phi) is 5.66. The number of hydrogen-bond acceptors (Lipinski definition) is 1. The minimum absolute atomic E-state index is 0.332. The van der Waals surface area contributed by atoms with Crippen LogP contribution in [0, 0.1) is 0 Å². The Bertz CT molecular complexity index is 201. The molecule has 0 amide bonds. The smallest absolute Gasteiger partial charge is 0.0858 e. The van der Waals surface area contributed by atoms with E-state index in [0.29, 0.717) is 6.10 Å². The summed E-state index contributed by atoms with van der Waals surface area (Å²) in [4.78, 5) is 0. The third-order valence-corrected chi connectivity index (χ3v) is 2.85. The molecule has 1 aliphatic heterocycles. The van der Waals surface area contributed by atoms with Gasteiger partial charge in [-0.25, -0.2) is 0 Å². The number of ether oxygens (including phenoxy) is 1. The SMILES string of the molecule is C=C=C1CCCOC1CCCCCC. The molecule has 1 nitrogen and oxygen atoms in total. The third-order valence-electron chi connectivity index (χ3n) is 2.85. The van der Waals surface area contributed by atoms with Crippen LogP contribution in [-0.2, 0) is 4.74 Å². The van der Waals surface area contributed by atoms with Crippen molar-refractivity contribution in [1.29, 1.82) is 0 Å². The van der Waals surface area contributed by atoms with Crippen LogP contribution in [0.25, 0.3) is 0 Å². The fourth-order valence-electron chi connectivity index (χ4n) is 1.97. The summed E-state index contributed by atoms with van der Waals surface area (Å²) in [6.07, 6.45) is 9.04. The van der Waals surface area contributed by atoms with Crippen LogP contribution < -0.4 is 0 Å². The third kappa shape index (κ3) is 3.69. The Morgan fingerprint density at radius 1 is 1.43 bits per heavy atom. The van der Waals surface area contributed by atoms with E-state index in [4.69, 9.17) is 4.74 Å². The molecule has 0 spiro atoms. The summed E-state index contributed by atoms with van der Waals surface area (Å²) in [6, 6.07) is 0. The van der Waals surface area contributed by atoms with Crippen molar-refractivity contribution in [2.45, 2.75) is 58.0 Å². The van der Waals surface area contributed by atoms with Crippen LogP contribution in [0.5, 0.6) is 0 Å². The minimum Gasteiger partial charge on any atom is -0.373 e. The van der Waals surface area contributed by atoms with Gasteiger partial charge >= 0.3 is 0 Å². The lowest BCUT2D eigenvalue weighted by Crippen LogP contribution is -2.21.